The minimum absolute atomic E-state index is 0.118. The number of likely N-dealkylation sites (N-methyl/N-ethyl adjacent to an activating group) is 1. The van der Waals surface area contributed by atoms with Gasteiger partial charge < -0.3 is 19.7 Å². The van der Waals surface area contributed by atoms with Gasteiger partial charge in [0.25, 0.3) is 5.91 Å². The molecule has 1 heterocycles. The number of ether oxygens (including phenoxy) is 2. The van der Waals surface area contributed by atoms with E-state index in [0.29, 0.717) is 36.8 Å². The highest BCUT2D eigenvalue weighted by molar-refractivity contribution is 7.10. The van der Waals surface area contributed by atoms with Crippen molar-refractivity contribution in [3.8, 4) is 11.5 Å². The molecule has 0 saturated carbocycles. The fraction of sp³-hybridized carbons (Fsp3) is 0.421. The maximum Gasteiger partial charge on any atom is 0.251 e. The van der Waals surface area contributed by atoms with Gasteiger partial charge in [0.1, 0.15) is 0 Å². The Labute approximate surface area is 153 Å². The molecule has 6 heteroatoms. The zero-order chi connectivity index (χ0) is 18.2. The predicted molar refractivity (Wildman–Crippen MR) is 102 cm³/mol. The van der Waals surface area contributed by atoms with Crippen LogP contribution in [0.2, 0.25) is 0 Å². The summed E-state index contributed by atoms with van der Waals surface area (Å²) < 4.78 is 11.1. The molecule has 5 nitrogen and oxygen atoms in total. The molecule has 0 radical (unpaired) electrons. The Balaban J connectivity index is 2.08. The lowest BCUT2D eigenvalue weighted by Gasteiger charge is -2.23. The molecule has 1 amide bonds. The fourth-order valence-corrected chi connectivity index (χ4v) is 3.42. The van der Waals surface area contributed by atoms with E-state index in [1.807, 2.05) is 34.0 Å². The molecule has 0 fully saturated rings. The Morgan fingerprint density at radius 1 is 1.16 bits per heavy atom. The maximum atomic E-state index is 12.5. The molecule has 0 aliphatic rings. The van der Waals surface area contributed by atoms with Gasteiger partial charge in [-0.2, -0.15) is 0 Å². The first-order valence-corrected chi connectivity index (χ1v) is 9.32. The highest BCUT2D eigenvalue weighted by Crippen LogP contribution is 2.28. The lowest BCUT2D eigenvalue weighted by Crippen LogP contribution is -2.34. The molecule has 2 aromatic rings. The van der Waals surface area contributed by atoms with Crippen LogP contribution in [0.3, 0.4) is 0 Å². The van der Waals surface area contributed by atoms with Gasteiger partial charge in [-0.3, -0.25) is 4.79 Å². The maximum absolute atomic E-state index is 12.5. The summed E-state index contributed by atoms with van der Waals surface area (Å²) in [7, 11) is 4.03. The summed E-state index contributed by atoms with van der Waals surface area (Å²) in [5, 5.41) is 5.07. The summed E-state index contributed by atoms with van der Waals surface area (Å²) in [6, 6.07) is 9.55. The van der Waals surface area contributed by atoms with Crippen LogP contribution in [0.15, 0.2) is 35.7 Å². The van der Waals surface area contributed by atoms with Crippen molar-refractivity contribution in [2.75, 3.05) is 33.9 Å². The summed E-state index contributed by atoms with van der Waals surface area (Å²) in [6.45, 7) is 5.44. The Morgan fingerprint density at radius 2 is 1.88 bits per heavy atom. The molecule has 1 N–H and O–H groups in total. The van der Waals surface area contributed by atoms with Crippen molar-refractivity contribution >= 4 is 17.2 Å². The lowest BCUT2D eigenvalue weighted by molar-refractivity contribution is 0.0941. The van der Waals surface area contributed by atoms with E-state index in [0.717, 1.165) is 0 Å². The molecule has 0 aliphatic heterocycles. The average Bonchev–Trinajstić information content (AvgIpc) is 3.10. The number of rotatable bonds is 9. The van der Waals surface area contributed by atoms with Gasteiger partial charge in [-0.05, 0) is 57.6 Å². The van der Waals surface area contributed by atoms with Crippen molar-refractivity contribution in [1.29, 1.82) is 0 Å². The Hall–Kier alpha value is -2.05. The third kappa shape index (κ3) is 5.21. The standard InChI is InChI=1S/C19H26N2O3S/c1-5-23-16-10-9-14(12-17(16)24-6-2)19(22)20-13-15(21(3)4)18-8-7-11-25-18/h7-12,15H,5-6,13H2,1-4H3,(H,20,22)/t15-/m1/s1. The highest BCUT2D eigenvalue weighted by Gasteiger charge is 2.17. The normalized spacial score (nSPS) is 12.0. The van der Waals surface area contributed by atoms with Crippen molar-refractivity contribution in [3.05, 3.63) is 46.2 Å². The van der Waals surface area contributed by atoms with Gasteiger partial charge in [0.2, 0.25) is 0 Å². The summed E-state index contributed by atoms with van der Waals surface area (Å²) in [6.07, 6.45) is 0. The SMILES string of the molecule is CCOc1ccc(C(=O)NC[C@H](c2cccs2)N(C)C)cc1OCC. The molecular weight excluding hydrogens is 336 g/mol. The van der Waals surface area contributed by atoms with E-state index >= 15 is 0 Å². The van der Waals surface area contributed by atoms with Crippen LogP contribution in [0, 0.1) is 0 Å². The van der Waals surface area contributed by atoms with Crippen LogP contribution in [-0.2, 0) is 0 Å². The first-order valence-electron chi connectivity index (χ1n) is 8.44. The molecule has 0 saturated heterocycles. The molecule has 0 unspecified atom stereocenters. The molecule has 1 aromatic heterocycles. The number of carbonyl (C=O) groups excluding carboxylic acids is 1. The second-order valence-corrected chi connectivity index (χ2v) is 6.71. The average molecular weight is 362 g/mol. The fourth-order valence-electron chi connectivity index (χ4n) is 2.50. The zero-order valence-electron chi connectivity index (χ0n) is 15.2. The molecule has 0 bridgehead atoms. The summed E-state index contributed by atoms with van der Waals surface area (Å²) in [4.78, 5) is 15.9. The summed E-state index contributed by atoms with van der Waals surface area (Å²) >= 11 is 1.69. The molecule has 2 rings (SSSR count). The Bertz CT molecular complexity index is 671. The molecule has 0 aliphatic carbocycles. The monoisotopic (exact) mass is 362 g/mol. The number of nitrogens with zero attached hydrogens (tertiary/aromatic N) is 1. The van der Waals surface area contributed by atoms with Crippen LogP contribution in [-0.4, -0.2) is 44.7 Å². The third-order valence-corrected chi connectivity index (χ3v) is 4.73. The summed E-state index contributed by atoms with van der Waals surface area (Å²) in [5.41, 5.74) is 0.565. The molecule has 1 aromatic carbocycles. The van der Waals surface area contributed by atoms with Gasteiger partial charge in [-0.15, -0.1) is 11.3 Å². The van der Waals surface area contributed by atoms with Crippen LogP contribution >= 0.6 is 11.3 Å². The van der Waals surface area contributed by atoms with Crippen LogP contribution in [0.5, 0.6) is 11.5 Å². The first-order chi connectivity index (χ1) is 12.1. The molecular formula is C19H26N2O3S. The van der Waals surface area contributed by atoms with Crippen molar-refractivity contribution in [3.63, 3.8) is 0 Å². The topological polar surface area (TPSA) is 50.8 Å². The minimum Gasteiger partial charge on any atom is -0.490 e. The Kier molecular flexibility index (Phi) is 7.28. The molecule has 1 atom stereocenters. The van der Waals surface area contributed by atoms with Crippen LogP contribution in [0.1, 0.15) is 35.1 Å². The summed E-state index contributed by atoms with van der Waals surface area (Å²) in [5.74, 6) is 1.14. The highest BCUT2D eigenvalue weighted by atomic mass is 32.1. The third-order valence-electron chi connectivity index (χ3n) is 3.76. The van der Waals surface area contributed by atoms with E-state index in [9.17, 15) is 4.79 Å². The molecule has 25 heavy (non-hydrogen) atoms. The van der Waals surface area contributed by atoms with Gasteiger partial charge in [0, 0.05) is 17.0 Å². The van der Waals surface area contributed by atoms with Gasteiger partial charge in [0.15, 0.2) is 11.5 Å². The second kappa shape index (κ2) is 9.44. The minimum atomic E-state index is -0.118. The van der Waals surface area contributed by atoms with Gasteiger partial charge in [0.05, 0.1) is 19.3 Å². The second-order valence-electron chi connectivity index (χ2n) is 5.73. The van der Waals surface area contributed by atoms with Crippen molar-refractivity contribution in [2.45, 2.75) is 19.9 Å². The van der Waals surface area contributed by atoms with Crippen LogP contribution in [0.4, 0.5) is 0 Å². The van der Waals surface area contributed by atoms with E-state index in [-0.39, 0.29) is 11.9 Å². The quantitative estimate of drug-likeness (QED) is 0.741. The van der Waals surface area contributed by atoms with Crippen molar-refractivity contribution in [2.24, 2.45) is 0 Å². The van der Waals surface area contributed by atoms with Gasteiger partial charge >= 0.3 is 0 Å². The number of amides is 1. The Morgan fingerprint density at radius 3 is 2.48 bits per heavy atom. The van der Waals surface area contributed by atoms with Crippen LogP contribution < -0.4 is 14.8 Å². The first kappa shape index (κ1) is 19.3. The van der Waals surface area contributed by atoms with Crippen molar-refractivity contribution < 1.29 is 14.3 Å². The van der Waals surface area contributed by atoms with E-state index in [4.69, 9.17) is 9.47 Å². The zero-order valence-corrected chi connectivity index (χ0v) is 16.1. The predicted octanol–water partition coefficient (Wildman–Crippen LogP) is 3.58. The van der Waals surface area contributed by atoms with E-state index < -0.39 is 0 Å². The molecule has 0 spiro atoms. The number of benzene rings is 1. The van der Waals surface area contributed by atoms with E-state index in [1.54, 1.807) is 29.5 Å². The number of carbonyl (C=O) groups is 1. The number of hydrogen-bond donors (Lipinski definition) is 1. The van der Waals surface area contributed by atoms with Gasteiger partial charge in [-0.1, -0.05) is 6.07 Å². The van der Waals surface area contributed by atoms with E-state index in [1.165, 1.54) is 4.88 Å². The number of nitrogens with one attached hydrogen (secondary N) is 1. The number of thiophene rings is 1. The van der Waals surface area contributed by atoms with Crippen LogP contribution in [0.25, 0.3) is 0 Å². The van der Waals surface area contributed by atoms with E-state index in [2.05, 4.69) is 21.7 Å². The van der Waals surface area contributed by atoms with Crippen molar-refractivity contribution in [1.82, 2.24) is 10.2 Å². The molecule has 136 valence electrons. The smallest absolute Gasteiger partial charge is 0.251 e. The number of hydrogen-bond acceptors (Lipinski definition) is 5. The largest absolute Gasteiger partial charge is 0.490 e. The lowest BCUT2D eigenvalue weighted by atomic mass is 10.1. The van der Waals surface area contributed by atoms with Gasteiger partial charge in [-0.25, -0.2) is 0 Å².